The van der Waals surface area contributed by atoms with Crippen LogP contribution in [-0.4, -0.2) is 49.9 Å². The minimum absolute atomic E-state index is 0.0936. The average Bonchev–Trinajstić information content (AvgIpc) is 3.58. The summed E-state index contributed by atoms with van der Waals surface area (Å²) in [5.41, 5.74) is 3.28. The Kier molecular flexibility index (Phi) is 7.88. The van der Waals surface area contributed by atoms with E-state index in [2.05, 4.69) is 10.1 Å². The molecular formula is C30H32F3N5O3. The second kappa shape index (κ2) is 11.4. The first kappa shape index (κ1) is 28.4. The molecule has 41 heavy (non-hydrogen) atoms. The van der Waals surface area contributed by atoms with E-state index < -0.39 is 30.0 Å². The lowest BCUT2D eigenvalue weighted by Gasteiger charge is -2.34. The molecule has 0 atom stereocenters. The lowest BCUT2D eigenvalue weighted by atomic mass is 9.81. The molecule has 0 spiro atoms. The number of imidazole rings is 1. The van der Waals surface area contributed by atoms with Crippen LogP contribution >= 0.6 is 0 Å². The largest absolute Gasteiger partial charge is 0.462 e. The van der Waals surface area contributed by atoms with E-state index in [1.807, 2.05) is 59.3 Å². The molecular weight excluding hydrogens is 535 g/mol. The first-order chi connectivity index (χ1) is 19.6. The van der Waals surface area contributed by atoms with Gasteiger partial charge in [-0.3, -0.25) is 9.69 Å². The van der Waals surface area contributed by atoms with Crippen LogP contribution in [0.2, 0.25) is 0 Å². The smallest absolute Gasteiger partial charge is 0.391 e. The first-order valence-electron chi connectivity index (χ1n) is 13.8. The topological polar surface area (TPSA) is 81.7 Å². The minimum Gasteiger partial charge on any atom is -0.462 e. The van der Waals surface area contributed by atoms with Crippen LogP contribution in [0.25, 0.3) is 22.6 Å². The van der Waals surface area contributed by atoms with Crippen LogP contribution < -0.4 is 4.90 Å². The summed E-state index contributed by atoms with van der Waals surface area (Å²) >= 11 is 0. The van der Waals surface area contributed by atoms with Gasteiger partial charge in [0.1, 0.15) is 11.2 Å². The number of carbonyl (C=O) groups excluding carboxylic acids is 2. The van der Waals surface area contributed by atoms with Crippen molar-refractivity contribution in [1.29, 1.82) is 0 Å². The number of aromatic nitrogens is 4. The summed E-state index contributed by atoms with van der Waals surface area (Å²) in [5, 5.41) is 4.63. The van der Waals surface area contributed by atoms with E-state index >= 15 is 0 Å². The highest BCUT2D eigenvalue weighted by Crippen LogP contribution is 2.40. The van der Waals surface area contributed by atoms with Crippen molar-refractivity contribution in [3.63, 3.8) is 0 Å². The Bertz CT molecular complexity index is 1500. The van der Waals surface area contributed by atoms with Crippen molar-refractivity contribution < 1.29 is 27.5 Å². The molecule has 11 heteroatoms. The highest BCUT2D eigenvalue weighted by molar-refractivity contribution is 6.02. The number of anilines is 1. The number of pyridine rings is 1. The van der Waals surface area contributed by atoms with Crippen LogP contribution in [0.4, 0.5) is 19.0 Å². The first-order valence-corrected chi connectivity index (χ1v) is 13.8. The second-order valence-electron chi connectivity index (χ2n) is 10.6. The van der Waals surface area contributed by atoms with Crippen molar-refractivity contribution in [3.8, 4) is 16.9 Å². The fraction of sp³-hybridized carbons (Fsp3) is 0.400. The molecule has 0 saturated heterocycles. The highest BCUT2D eigenvalue weighted by Gasteiger charge is 2.44. The summed E-state index contributed by atoms with van der Waals surface area (Å²) in [6.45, 7) is 5.40. The number of carbonyl (C=O) groups is 2. The molecule has 1 fully saturated rings. The quantitative estimate of drug-likeness (QED) is 0.239. The van der Waals surface area contributed by atoms with Gasteiger partial charge in [0.25, 0.3) is 0 Å². The number of amides is 1. The predicted molar refractivity (Wildman–Crippen MR) is 148 cm³/mol. The number of halogens is 3. The van der Waals surface area contributed by atoms with Crippen LogP contribution in [0.5, 0.6) is 0 Å². The number of esters is 1. The molecule has 0 bridgehead atoms. The van der Waals surface area contributed by atoms with Gasteiger partial charge in [-0.15, -0.1) is 5.10 Å². The van der Waals surface area contributed by atoms with Crippen LogP contribution in [-0.2, 0) is 9.53 Å². The molecule has 1 amide bonds. The summed E-state index contributed by atoms with van der Waals surface area (Å²) in [6, 6.07) is 12.8. The van der Waals surface area contributed by atoms with E-state index in [4.69, 9.17) is 4.74 Å². The van der Waals surface area contributed by atoms with Gasteiger partial charge in [0.2, 0.25) is 5.91 Å². The maximum absolute atomic E-state index is 13.7. The van der Waals surface area contributed by atoms with E-state index in [-0.39, 0.29) is 49.6 Å². The molecule has 0 radical (unpaired) electrons. The van der Waals surface area contributed by atoms with Gasteiger partial charge in [0, 0.05) is 36.1 Å². The molecule has 8 nitrogen and oxygen atoms in total. The van der Waals surface area contributed by atoms with Crippen LogP contribution in [0.1, 0.15) is 56.8 Å². The zero-order valence-corrected chi connectivity index (χ0v) is 23.1. The number of rotatable bonds is 7. The zero-order valence-electron chi connectivity index (χ0n) is 23.1. The van der Waals surface area contributed by atoms with Crippen LogP contribution in [0.3, 0.4) is 0 Å². The average molecular weight is 568 g/mol. The van der Waals surface area contributed by atoms with E-state index in [0.29, 0.717) is 5.69 Å². The molecule has 1 aliphatic carbocycles. The van der Waals surface area contributed by atoms with E-state index in [9.17, 15) is 22.8 Å². The highest BCUT2D eigenvalue weighted by atomic mass is 19.4. The third-order valence-corrected chi connectivity index (χ3v) is 7.50. The van der Waals surface area contributed by atoms with E-state index in [0.717, 1.165) is 16.9 Å². The Balaban J connectivity index is 1.45. The Morgan fingerprint density at radius 3 is 2.37 bits per heavy atom. The third kappa shape index (κ3) is 5.84. The molecule has 3 heterocycles. The van der Waals surface area contributed by atoms with Gasteiger partial charge in [-0.1, -0.05) is 18.2 Å². The van der Waals surface area contributed by atoms with Crippen LogP contribution in [0, 0.1) is 11.8 Å². The Morgan fingerprint density at radius 2 is 1.76 bits per heavy atom. The normalized spacial score (nSPS) is 17.6. The van der Waals surface area contributed by atoms with Crippen molar-refractivity contribution in [1.82, 2.24) is 19.2 Å². The Labute approximate surface area is 235 Å². The molecule has 0 unspecified atom stereocenters. The molecule has 0 aliphatic heterocycles. The Hall–Kier alpha value is -4.15. The zero-order chi connectivity index (χ0) is 29.3. The molecule has 4 aromatic rings. The van der Waals surface area contributed by atoms with E-state index in [1.165, 1.54) is 15.8 Å². The van der Waals surface area contributed by atoms with Gasteiger partial charge in [-0.05, 0) is 70.7 Å². The third-order valence-electron chi connectivity index (χ3n) is 7.50. The molecule has 3 aromatic heterocycles. The fourth-order valence-corrected chi connectivity index (χ4v) is 5.35. The van der Waals surface area contributed by atoms with Crippen molar-refractivity contribution in [2.75, 3.05) is 11.5 Å². The predicted octanol–water partition coefficient (Wildman–Crippen LogP) is 6.47. The van der Waals surface area contributed by atoms with Gasteiger partial charge < -0.3 is 9.14 Å². The second-order valence-corrected chi connectivity index (χ2v) is 10.6. The van der Waals surface area contributed by atoms with Gasteiger partial charge in [-0.2, -0.15) is 13.2 Å². The van der Waals surface area contributed by atoms with Gasteiger partial charge >= 0.3 is 12.1 Å². The number of hydrogen-bond donors (Lipinski definition) is 0. The summed E-state index contributed by atoms with van der Waals surface area (Å²) < 4.78 is 48.3. The molecule has 1 aromatic carbocycles. The van der Waals surface area contributed by atoms with Crippen molar-refractivity contribution >= 4 is 23.3 Å². The monoisotopic (exact) mass is 567 g/mol. The maximum Gasteiger partial charge on any atom is 0.391 e. The molecule has 0 N–H and O–H groups in total. The summed E-state index contributed by atoms with van der Waals surface area (Å²) in [4.78, 5) is 32.7. The molecule has 5 rings (SSSR count). The van der Waals surface area contributed by atoms with Crippen molar-refractivity contribution in [2.45, 2.75) is 58.7 Å². The number of nitrogens with zero attached hydrogens (tertiary/aromatic N) is 5. The lowest BCUT2D eigenvalue weighted by molar-refractivity contribution is -0.184. The van der Waals surface area contributed by atoms with Gasteiger partial charge in [0.15, 0.2) is 5.82 Å². The lowest BCUT2D eigenvalue weighted by Crippen LogP contribution is -2.44. The fourth-order valence-electron chi connectivity index (χ4n) is 5.35. The Morgan fingerprint density at radius 1 is 1.05 bits per heavy atom. The summed E-state index contributed by atoms with van der Waals surface area (Å²) in [6.07, 6.45) is 1.19. The number of fused-ring (bicyclic) bond motifs is 1. The maximum atomic E-state index is 13.7. The molecule has 216 valence electrons. The van der Waals surface area contributed by atoms with Crippen molar-refractivity contribution in [2.24, 2.45) is 11.8 Å². The minimum atomic E-state index is -4.26. The van der Waals surface area contributed by atoms with E-state index in [1.54, 1.807) is 20.8 Å². The van der Waals surface area contributed by atoms with Crippen LogP contribution in [0.15, 0.2) is 61.1 Å². The number of alkyl halides is 3. The van der Waals surface area contributed by atoms with Gasteiger partial charge in [-0.25, -0.2) is 14.5 Å². The van der Waals surface area contributed by atoms with Crippen molar-refractivity contribution in [3.05, 3.63) is 66.6 Å². The number of ether oxygens (including phenoxy) is 1. The summed E-state index contributed by atoms with van der Waals surface area (Å²) in [7, 11) is 0. The SMILES string of the molecule is CCOC(=O)c1cn(-c2ccc(-c3cn4ccccc4n3)cc2)nc1N(C(=O)C1CCC(C(F)(F)F)CC1)C(C)C. The molecule has 1 aliphatic rings. The molecule has 1 saturated carbocycles. The number of hydrogen-bond acceptors (Lipinski definition) is 5. The summed E-state index contributed by atoms with van der Waals surface area (Å²) in [5.74, 6) is -2.81. The standard InChI is InChI=1S/C30H32F3N5O3/c1-4-41-29(40)24-17-37(23-14-10-20(11-15-23)25-18-36-16-6-5-7-26(36)34-25)35-27(24)38(19(2)3)28(39)21-8-12-22(13-9-21)30(31,32)33/h5-7,10-11,14-19,21-22H,4,8-9,12-13H2,1-3H3. The number of benzene rings is 1. The van der Waals surface area contributed by atoms with Gasteiger partial charge in [0.05, 0.1) is 23.9 Å².